The van der Waals surface area contributed by atoms with Crippen LogP contribution >= 0.6 is 0 Å². The van der Waals surface area contributed by atoms with E-state index in [1.54, 1.807) is 6.08 Å². The first kappa shape index (κ1) is 14.2. The monoisotopic (exact) mass is 208 g/mol. The van der Waals surface area contributed by atoms with Crippen molar-refractivity contribution in [2.45, 2.75) is 46.5 Å². The van der Waals surface area contributed by atoms with Gasteiger partial charge in [-0.25, -0.2) is 0 Å². The molecule has 0 aliphatic carbocycles. The quantitative estimate of drug-likeness (QED) is 0.495. The van der Waals surface area contributed by atoms with Crippen molar-refractivity contribution in [2.75, 3.05) is 6.61 Å². The number of hydrogen-bond acceptors (Lipinski definition) is 1. The lowest BCUT2D eigenvalue weighted by molar-refractivity contribution is 0.342. The van der Waals surface area contributed by atoms with Gasteiger partial charge in [0, 0.05) is 0 Å². The van der Waals surface area contributed by atoms with Crippen molar-refractivity contribution in [2.24, 2.45) is 0 Å². The van der Waals surface area contributed by atoms with Crippen molar-refractivity contribution in [3.8, 4) is 0 Å². The number of aliphatic hydroxyl groups excluding tert-OH is 1. The van der Waals surface area contributed by atoms with Crippen LogP contribution in [0.5, 0.6) is 0 Å². The number of aliphatic hydroxyl groups is 1. The molecule has 0 aliphatic heterocycles. The molecular formula is C14H24O. The van der Waals surface area contributed by atoms with Crippen LogP contribution in [0, 0.1) is 0 Å². The van der Waals surface area contributed by atoms with E-state index in [4.69, 9.17) is 5.11 Å². The van der Waals surface area contributed by atoms with Crippen LogP contribution in [0.3, 0.4) is 0 Å². The minimum atomic E-state index is 0.156. The predicted molar refractivity (Wildman–Crippen MR) is 67.9 cm³/mol. The molecule has 1 heteroatoms. The Morgan fingerprint density at radius 3 is 2.27 bits per heavy atom. The lowest BCUT2D eigenvalue weighted by Crippen LogP contribution is -1.78. The van der Waals surface area contributed by atoms with Gasteiger partial charge in [-0.2, -0.15) is 0 Å². The summed E-state index contributed by atoms with van der Waals surface area (Å²) in [5, 5.41) is 8.53. The van der Waals surface area contributed by atoms with Crippen LogP contribution in [0.2, 0.25) is 0 Å². The highest BCUT2D eigenvalue weighted by Crippen LogP contribution is 2.08. The van der Waals surface area contributed by atoms with Crippen LogP contribution in [0.15, 0.2) is 35.5 Å². The highest BCUT2D eigenvalue weighted by molar-refractivity contribution is 5.02. The Kier molecular flexibility index (Phi) is 9.19. The largest absolute Gasteiger partial charge is 0.392 e. The second-order valence-electron chi connectivity index (χ2n) is 4.10. The molecule has 0 aliphatic rings. The molecule has 86 valence electrons. The fourth-order valence-electron chi connectivity index (χ4n) is 1.31. The molecule has 0 heterocycles. The first-order valence-electron chi connectivity index (χ1n) is 5.71. The Morgan fingerprint density at radius 1 is 0.933 bits per heavy atom. The average molecular weight is 208 g/mol. The highest BCUT2D eigenvalue weighted by Gasteiger charge is 1.88. The molecular weight excluding hydrogens is 184 g/mol. The van der Waals surface area contributed by atoms with Crippen LogP contribution in [0.4, 0.5) is 0 Å². The standard InChI is InChI=1S/C14H24O/c1-13(2)9-8-11-14(3)10-6-4-5-7-12-15/h5,7,9-10,15H,4,6,8,11-12H2,1-3H3/b7-5+,14-10+. The highest BCUT2D eigenvalue weighted by atomic mass is 16.2. The van der Waals surface area contributed by atoms with Gasteiger partial charge < -0.3 is 5.11 Å². The topological polar surface area (TPSA) is 20.2 Å². The minimum absolute atomic E-state index is 0.156. The van der Waals surface area contributed by atoms with Crippen LogP contribution in [0.1, 0.15) is 46.5 Å². The third-order valence-corrected chi connectivity index (χ3v) is 2.19. The van der Waals surface area contributed by atoms with Gasteiger partial charge in [0.15, 0.2) is 0 Å². The van der Waals surface area contributed by atoms with E-state index in [9.17, 15) is 0 Å². The van der Waals surface area contributed by atoms with Crippen molar-refractivity contribution >= 4 is 0 Å². The maximum atomic E-state index is 8.53. The average Bonchev–Trinajstić information content (AvgIpc) is 2.17. The summed E-state index contributed by atoms with van der Waals surface area (Å²) in [4.78, 5) is 0. The van der Waals surface area contributed by atoms with Gasteiger partial charge in [0.25, 0.3) is 0 Å². The Labute approximate surface area is 94.2 Å². The first-order valence-corrected chi connectivity index (χ1v) is 5.71. The van der Waals surface area contributed by atoms with Gasteiger partial charge in [0.1, 0.15) is 0 Å². The molecule has 0 radical (unpaired) electrons. The van der Waals surface area contributed by atoms with Crippen molar-refractivity contribution in [3.05, 3.63) is 35.5 Å². The van der Waals surface area contributed by atoms with E-state index in [0.717, 1.165) is 25.7 Å². The molecule has 0 unspecified atom stereocenters. The van der Waals surface area contributed by atoms with Gasteiger partial charge in [-0.1, -0.05) is 35.5 Å². The molecule has 0 aromatic rings. The van der Waals surface area contributed by atoms with Gasteiger partial charge in [0.2, 0.25) is 0 Å². The zero-order valence-corrected chi connectivity index (χ0v) is 10.3. The third-order valence-electron chi connectivity index (χ3n) is 2.19. The molecule has 0 saturated heterocycles. The van der Waals surface area contributed by atoms with E-state index in [0.29, 0.717) is 0 Å². The molecule has 0 rings (SSSR count). The van der Waals surface area contributed by atoms with Crippen molar-refractivity contribution in [3.63, 3.8) is 0 Å². The summed E-state index contributed by atoms with van der Waals surface area (Å²) in [6.07, 6.45) is 12.8. The van der Waals surface area contributed by atoms with Gasteiger partial charge in [-0.05, 0) is 46.5 Å². The van der Waals surface area contributed by atoms with Crippen molar-refractivity contribution < 1.29 is 5.11 Å². The maximum absolute atomic E-state index is 8.53. The number of allylic oxidation sites excluding steroid dienone is 5. The molecule has 0 spiro atoms. The summed E-state index contributed by atoms with van der Waals surface area (Å²) >= 11 is 0. The zero-order chi connectivity index (χ0) is 11.5. The molecule has 1 nitrogen and oxygen atoms in total. The molecule has 0 aromatic carbocycles. The molecule has 0 amide bonds. The van der Waals surface area contributed by atoms with Crippen LogP contribution in [-0.4, -0.2) is 11.7 Å². The molecule has 0 saturated carbocycles. The van der Waals surface area contributed by atoms with E-state index < -0.39 is 0 Å². The summed E-state index contributed by atoms with van der Waals surface area (Å²) in [6.45, 7) is 6.62. The third kappa shape index (κ3) is 11.1. The Balaban J connectivity index is 3.61. The summed E-state index contributed by atoms with van der Waals surface area (Å²) in [5.74, 6) is 0. The van der Waals surface area contributed by atoms with Crippen LogP contribution < -0.4 is 0 Å². The second kappa shape index (κ2) is 9.72. The van der Waals surface area contributed by atoms with Crippen LogP contribution in [-0.2, 0) is 0 Å². The number of rotatable bonds is 7. The fourth-order valence-corrected chi connectivity index (χ4v) is 1.31. The molecule has 0 bridgehead atoms. The molecule has 1 N–H and O–H groups in total. The van der Waals surface area contributed by atoms with E-state index >= 15 is 0 Å². The van der Waals surface area contributed by atoms with Gasteiger partial charge >= 0.3 is 0 Å². The lowest BCUT2D eigenvalue weighted by atomic mass is 10.1. The summed E-state index contributed by atoms with van der Waals surface area (Å²) < 4.78 is 0. The minimum Gasteiger partial charge on any atom is -0.392 e. The summed E-state index contributed by atoms with van der Waals surface area (Å²) in [5.41, 5.74) is 2.86. The van der Waals surface area contributed by atoms with Crippen LogP contribution in [0.25, 0.3) is 0 Å². The molecule has 0 atom stereocenters. The Morgan fingerprint density at radius 2 is 1.67 bits per heavy atom. The van der Waals surface area contributed by atoms with Gasteiger partial charge in [-0.15, -0.1) is 0 Å². The fraction of sp³-hybridized carbons (Fsp3) is 0.571. The predicted octanol–water partition coefficient (Wildman–Crippen LogP) is 4.01. The summed E-state index contributed by atoms with van der Waals surface area (Å²) in [7, 11) is 0. The Hall–Kier alpha value is -0.820. The lowest BCUT2D eigenvalue weighted by Gasteiger charge is -1.98. The van der Waals surface area contributed by atoms with Crippen molar-refractivity contribution in [1.82, 2.24) is 0 Å². The first-order chi connectivity index (χ1) is 7.16. The Bertz CT molecular complexity index is 230. The second-order valence-corrected chi connectivity index (χ2v) is 4.10. The smallest absolute Gasteiger partial charge is 0.0612 e. The van der Waals surface area contributed by atoms with E-state index in [-0.39, 0.29) is 6.61 Å². The van der Waals surface area contributed by atoms with Gasteiger partial charge in [0.05, 0.1) is 6.61 Å². The van der Waals surface area contributed by atoms with E-state index in [1.165, 1.54) is 11.1 Å². The normalized spacial score (nSPS) is 12.1. The van der Waals surface area contributed by atoms with E-state index in [2.05, 4.69) is 32.9 Å². The van der Waals surface area contributed by atoms with Gasteiger partial charge in [-0.3, -0.25) is 0 Å². The molecule has 0 aromatic heterocycles. The number of unbranched alkanes of at least 4 members (excludes halogenated alkanes) is 1. The SMILES string of the molecule is CC(C)=CCC/C(C)=C/CC/C=C/CO. The zero-order valence-electron chi connectivity index (χ0n) is 10.3. The molecule has 0 fully saturated rings. The molecule has 15 heavy (non-hydrogen) atoms. The number of hydrogen-bond donors (Lipinski definition) is 1. The van der Waals surface area contributed by atoms with E-state index in [1.807, 2.05) is 6.08 Å². The van der Waals surface area contributed by atoms with Crippen molar-refractivity contribution in [1.29, 1.82) is 0 Å². The maximum Gasteiger partial charge on any atom is 0.0612 e. The summed E-state index contributed by atoms with van der Waals surface area (Å²) in [6, 6.07) is 0.